The third kappa shape index (κ3) is 2.28. The van der Waals surface area contributed by atoms with Crippen LogP contribution in [0.4, 0.5) is 11.4 Å². The zero-order valence-corrected chi connectivity index (χ0v) is 11.3. The molecule has 0 unspecified atom stereocenters. The number of hydrogen-bond acceptors (Lipinski definition) is 4. The largest absolute Gasteiger partial charge is 0.396 e. The number of rotatable bonds is 3. The maximum absolute atomic E-state index is 5.97. The minimum Gasteiger partial charge on any atom is -0.396 e. The quantitative estimate of drug-likeness (QED) is 0.790. The Morgan fingerprint density at radius 2 is 1.95 bits per heavy atom. The topological polar surface area (TPSA) is 55.0 Å². The van der Waals surface area contributed by atoms with E-state index in [9.17, 15) is 0 Å². The van der Waals surface area contributed by atoms with Gasteiger partial charge in [-0.05, 0) is 23.8 Å². The lowest BCUT2D eigenvalue weighted by molar-refractivity contribution is 0.928. The van der Waals surface area contributed by atoms with Crippen LogP contribution in [0.25, 0.3) is 10.9 Å². The van der Waals surface area contributed by atoms with Crippen molar-refractivity contribution in [1.29, 1.82) is 0 Å². The lowest BCUT2D eigenvalue weighted by Crippen LogP contribution is -2.18. The highest BCUT2D eigenvalue weighted by Gasteiger charge is 2.08. The monoisotopic (exact) mass is 264 g/mol. The van der Waals surface area contributed by atoms with Crippen LogP contribution in [0.5, 0.6) is 0 Å². The van der Waals surface area contributed by atoms with Crippen molar-refractivity contribution in [2.45, 2.75) is 6.54 Å². The molecule has 3 rings (SSSR count). The van der Waals surface area contributed by atoms with E-state index in [1.165, 1.54) is 10.9 Å². The number of fused-ring (bicyclic) bond motifs is 1. The van der Waals surface area contributed by atoms with E-state index in [0.29, 0.717) is 5.69 Å². The molecule has 2 heterocycles. The highest BCUT2D eigenvalue weighted by molar-refractivity contribution is 5.82. The smallest absolute Gasteiger partial charge is 0.0738 e. The normalized spacial score (nSPS) is 10.7. The molecule has 0 spiro atoms. The van der Waals surface area contributed by atoms with Gasteiger partial charge in [-0.1, -0.05) is 18.2 Å². The first kappa shape index (κ1) is 12.4. The molecule has 0 aliphatic heterocycles. The van der Waals surface area contributed by atoms with Crippen molar-refractivity contribution in [1.82, 2.24) is 9.97 Å². The summed E-state index contributed by atoms with van der Waals surface area (Å²) >= 11 is 0. The standard InChI is InChI=1S/C16H16N4/c1-20(16-7-8-18-10-14(16)17)11-12-6-9-19-15-5-3-2-4-13(12)15/h2-10H,11,17H2,1H3. The molecule has 0 radical (unpaired) electrons. The Morgan fingerprint density at radius 3 is 2.80 bits per heavy atom. The van der Waals surface area contributed by atoms with Gasteiger partial charge in [0, 0.05) is 31.4 Å². The van der Waals surface area contributed by atoms with Crippen molar-refractivity contribution >= 4 is 22.3 Å². The molecule has 0 amide bonds. The van der Waals surface area contributed by atoms with Crippen molar-refractivity contribution < 1.29 is 0 Å². The number of anilines is 2. The number of nitrogen functional groups attached to an aromatic ring is 1. The molecule has 0 saturated carbocycles. The molecule has 0 aliphatic rings. The Bertz CT molecular complexity index is 734. The summed E-state index contributed by atoms with van der Waals surface area (Å²) in [5.74, 6) is 0. The van der Waals surface area contributed by atoms with Crippen LogP contribution < -0.4 is 10.6 Å². The summed E-state index contributed by atoms with van der Waals surface area (Å²) in [6, 6.07) is 12.1. The second-order valence-electron chi connectivity index (χ2n) is 4.78. The first-order chi connectivity index (χ1) is 9.75. The van der Waals surface area contributed by atoms with E-state index >= 15 is 0 Å². The van der Waals surface area contributed by atoms with Gasteiger partial charge in [0.05, 0.1) is 23.1 Å². The van der Waals surface area contributed by atoms with Gasteiger partial charge in [-0.2, -0.15) is 0 Å². The van der Waals surface area contributed by atoms with Crippen LogP contribution in [0.2, 0.25) is 0 Å². The average molecular weight is 264 g/mol. The number of hydrogen-bond donors (Lipinski definition) is 1. The zero-order chi connectivity index (χ0) is 13.9. The van der Waals surface area contributed by atoms with E-state index in [1.54, 1.807) is 12.4 Å². The first-order valence-electron chi connectivity index (χ1n) is 6.49. The van der Waals surface area contributed by atoms with Crippen LogP contribution in [0.15, 0.2) is 55.0 Å². The Kier molecular flexibility index (Phi) is 3.21. The molecule has 2 N–H and O–H groups in total. The summed E-state index contributed by atoms with van der Waals surface area (Å²) in [4.78, 5) is 10.5. The average Bonchev–Trinajstić information content (AvgIpc) is 2.48. The lowest BCUT2D eigenvalue weighted by atomic mass is 10.1. The van der Waals surface area contributed by atoms with Gasteiger partial charge in [-0.15, -0.1) is 0 Å². The molecule has 4 heteroatoms. The number of aromatic nitrogens is 2. The Hall–Kier alpha value is -2.62. The fourth-order valence-electron chi connectivity index (χ4n) is 2.38. The van der Waals surface area contributed by atoms with Gasteiger partial charge >= 0.3 is 0 Å². The summed E-state index contributed by atoms with van der Waals surface area (Å²) in [7, 11) is 2.03. The van der Waals surface area contributed by atoms with Gasteiger partial charge in [0.25, 0.3) is 0 Å². The second-order valence-corrected chi connectivity index (χ2v) is 4.78. The summed E-state index contributed by atoms with van der Waals surface area (Å²) in [5.41, 5.74) is 9.89. The molecular weight excluding hydrogens is 248 g/mol. The minimum absolute atomic E-state index is 0.688. The summed E-state index contributed by atoms with van der Waals surface area (Å²) in [6.07, 6.45) is 5.28. The van der Waals surface area contributed by atoms with Crippen LogP contribution >= 0.6 is 0 Å². The fourth-order valence-corrected chi connectivity index (χ4v) is 2.38. The van der Waals surface area contributed by atoms with E-state index in [0.717, 1.165) is 17.7 Å². The van der Waals surface area contributed by atoms with Crippen LogP contribution in [-0.2, 0) is 6.54 Å². The molecule has 0 aliphatic carbocycles. The van der Waals surface area contributed by atoms with E-state index < -0.39 is 0 Å². The molecule has 3 aromatic rings. The molecule has 0 fully saturated rings. The predicted molar refractivity (Wildman–Crippen MR) is 82.5 cm³/mol. The van der Waals surface area contributed by atoms with Gasteiger partial charge in [0.2, 0.25) is 0 Å². The van der Waals surface area contributed by atoms with E-state index in [2.05, 4.69) is 27.0 Å². The van der Waals surface area contributed by atoms with Crippen LogP contribution in [0, 0.1) is 0 Å². The predicted octanol–water partition coefficient (Wildman–Crippen LogP) is 2.85. The summed E-state index contributed by atoms with van der Waals surface area (Å²) in [6.45, 7) is 0.775. The van der Waals surface area contributed by atoms with Crippen molar-refractivity contribution in [3.8, 4) is 0 Å². The van der Waals surface area contributed by atoms with Gasteiger partial charge < -0.3 is 10.6 Å². The number of nitrogens with zero attached hydrogens (tertiary/aromatic N) is 3. The van der Waals surface area contributed by atoms with Crippen LogP contribution in [0.3, 0.4) is 0 Å². The number of benzene rings is 1. The molecule has 4 nitrogen and oxygen atoms in total. The highest BCUT2D eigenvalue weighted by Crippen LogP contribution is 2.24. The van der Waals surface area contributed by atoms with Gasteiger partial charge in [0.15, 0.2) is 0 Å². The number of nitrogens with two attached hydrogens (primary N) is 1. The van der Waals surface area contributed by atoms with E-state index in [-0.39, 0.29) is 0 Å². The molecule has 20 heavy (non-hydrogen) atoms. The molecule has 1 aromatic carbocycles. The van der Waals surface area contributed by atoms with Crippen LogP contribution in [-0.4, -0.2) is 17.0 Å². The number of para-hydroxylation sites is 1. The van der Waals surface area contributed by atoms with E-state index in [1.807, 2.05) is 37.5 Å². The van der Waals surface area contributed by atoms with Gasteiger partial charge in [-0.3, -0.25) is 9.97 Å². The zero-order valence-electron chi connectivity index (χ0n) is 11.3. The third-order valence-electron chi connectivity index (χ3n) is 3.39. The Balaban J connectivity index is 1.96. The summed E-state index contributed by atoms with van der Waals surface area (Å²) in [5, 5.41) is 1.18. The van der Waals surface area contributed by atoms with Crippen molar-refractivity contribution in [2.24, 2.45) is 0 Å². The maximum atomic E-state index is 5.97. The van der Waals surface area contributed by atoms with Gasteiger partial charge in [-0.25, -0.2) is 0 Å². The molecule has 0 atom stereocenters. The van der Waals surface area contributed by atoms with E-state index in [4.69, 9.17) is 5.73 Å². The van der Waals surface area contributed by atoms with Gasteiger partial charge in [0.1, 0.15) is 0 Å². The van der Waals surface area contributed by atoms with Crippen molar-refractivity contribution in [2.75, 3.05) is 17.7 Å². The Labute approximate surface area is 117 Å². The van der Waals surface area contributed by atoms with Crippen molar-refractivity contribution in [3.63, 3.8) is 0 Å². The summed E-state index contributed by atoms with van der Waals surface area (Å²) < 4.78 is 0. The molecule has 2 aromatic heterocycles. The molecule has 0 saturated heterocycles. The Morgan fingerprint density at radius 1 is 1.10 bits per heavy atom. The minimum atomic E-state index is 0.688. The SMILES string of the molecule is CN(Cc1ccnc2ccccc12)c1ccncc1N. The highest BCUT2D eigenvalue weighted by atomic mass is 15.1. The number of pyridine rings is 2. The maximum Gasteiger partial charge on any atom is 0.0738 e. The van der Waals surface area contributed by atoms with Crippen LogP contribution in [0.1, 0.15) is 5.56 Å². The van der Waals surface area contributed by atoms with Crippen molar-refractivity contribution in [3.05, 3.63) is 60.6 Å². The second kappa shape index (κ2) is 5.17. The molecular formula is C16H16N4. The molecule has 0 bridgehead atoms. The lowest BCUT2D eigenvalue weighted by Gasteiger charge is -2.21. The first-order valence-corrected chi connectivity index (χ1v) is 6.49. The fraction of sp³-hybridized carbons (Fsp3) is 0.125. The third-order valence-corrected chi connectivity index (χ3v) is 3.39. The molecule has 100 valence electrons.